The molecule has 1 aromatic carbocycles. The van der Waals surface area contributed by atoms with Crippen LogP contribution in [0.15, 0.2) is 29.3 Å². The number of esters is 1. The molecule has 26 heavy (non-hydrogen) atoms. The lowest BCUT2D eigenvalue weighted by Gasteiger charge is -2.29. The Balaban J connectivity index is 0.00000338. The van der Waals surface area contributed by atoms with Crippen LogP contribution in [0.2, 0.25) is 0 Å². The molecule has 1 N–H and O–H groups in total. The maximum Gasteiger partial charge on any atom is 0.310 e. The third kappa shape index (κ3) is 5.08. The van der Waals surface area contributed by atoms with Gasteiger partial charge in [0.25, 0.3) is 0 Å². The summed E-state index contributed by atoms with van der Waals surface area (Å²) in [4.78, 5) is 18.3. The second-order valence-electron chi connectivity index (χ2n) is 7.28. The van der Waals surface area contributed by atoms with E-state index in [1.54, 1.807) is 13.1 Å². The summed E-state index contributed by atoms with van der Waals surface area (Å²) in [6, 6.07) is 6.83. The van der Waals surface area contributed by atoms with E-state index in [0.29, 0.717) is 18.7 Å². The van der Waals surface area contributed by atoms with Gasteiger partial charge in [0.05, 0.1) is 13.0 Å². The van der Waals surface area contributed by atoms with Crippen molar-refractivity contribution in [2.24, 2.45) is 16.8 Å². The summed E-state index contributed by atoms with van der Waals surface area (Å²) in [6.07, 6.45) is 0. The van der Waals surface area contributed by atoms with Crippen LogP contribution in [0.4, 0.5) is 4.39 Å². The molecule has 1 aliphatic heterocycles. The highest BCUT2D eigenvalue weighted by Crippen LogP contribution is 2.26. The average molecular weight is 477 g/mol. The van der Waals surface area contributed by atoms with Crippen LogP contribution in [-0.2, 0) is 14.9 Å². The molecule has 146 valence electrons. The van der Waals surface area contributed by atoms with Gasteiger partial charge in [0.2, 0.25) is 0 Å². The number of carbonyl (C=O) groups is 1. The molecule has 1 aliphatic rings. The van der Waals surface area contributed by atoms with Gasteiger partial charge in [-0.15, -0.1) is 24.0 Å². The first-order chi connectivity index (χ1) is 11.8. The summed E-state index contributed by atoms with van der Waals surface area (Å²) >= 11 is 0. The van der Waals surface area contributed by atoms with Crippen LogP contribution in [-0.4, -0.2) is 50.6 Å². The highest BCUT2D eigenvalue weighted by atomic mass is 127. The fourth-order valence-electron chi connectivity index (χ4n) is 3.34. The van der Waals surface area contributed by atoms with E-state index in [4.69, 9.17) is 4.74 Å². The number of rotatable bonds is 4. The van der Waals surface area contributed by atoms with Gasteiger partial charge in [-0.1, -0.05) is 39.0 Å². The fourth-order valence-corrected chi connectivity index (χ4v) is 3.34. The van der Waals surface area contributed by atoms with E-state index in [0.717, 1.165) is 12.5 Å². The minimum atomic E-state index is -0.394. The van der Waals surface area contributed by atoms with Crippen LogP contribution in [0, 0.1) is 17.7 Å². The van der Waals surface area contributed by atoms with Crippen molar-refractivity contribution in [3.63, 3.8) is 0 Å². The number of nitrogens with one attached hydrogen (secondary N) is 1. The summed E-state index contributed by atoms with van der Waals surface area (Å²) in [5.74, 6) is 0.387. The molecular formula is C19H29FIN3O2. The van der Waals surface area contributed by atoms with Crippen molar-refractivity contribution in [3.05, 3.63) is 35.6 Å². The highest BCUT2D eigenvalue weighted by Gasteiger charge is 2.37. The number of likely N-dealkylation sites (tertiary alicyclic amines) is 1. The lowest BCUT2D eigenvalue weighted by atomic mass is 9.84. The number of hydrogen-bond acceptors (Lipinski definition) is 3. The second kappa shape index (κ2) is 9.53. The van der Waals surface area contributed by atoms with Crippen molar-refractivity contribution in [2.75, 3.05) is 33.8 Å². The number of halogens is 2. The number of carbonyl (C=O) groups excluding carboxylic acids is 1. The van der Waals surface area contributed by atoms with Crippen LogP contribution >= 0.6 is 24.0 Å². The van der Waals surface area contributed by atoms with Crippen LogP contribution < -0.4 is 5.32 Å². The van der Waals surface area contributed by atoms with Gasteiger partial charge >= 0.3 is 5.97 Å². The second-order valence-corrected chi connectivity index (χ2v) is 7.28. The Labute approximate surface area is 172 Å². The predicted octanol–water partition coefficient (Wildman–Crippen LogP) is 3.04. The molecule has 0 radical (unpaired) electrons. The average Bonchev–Trinajstić information content (AvgIpc) is 2.96. The standard InChI is InChI=1S/C19H28FN3O2.HI/c1-13-10-23(11-14(13)17(24)25-5)18(21-4)22-12-19(2,3)15-8-6-7-9-16(15)20;/h6-9,13-14H,10-12H2,1-5H3,(H,21,22);1H. The van der Waals surface area contributed by atoms with Gasteiger partial charge in [-0.2, -0.15) is 0 Å². The summed E-state index contributed by atoms with van der Waals surface area (Å²) in [5.41, 5.74) is 0.272. The maximum atomic E-state index is 14.1. The largest absolute Gasteiger partial charge is 0.469 e. The molecular weight excluding hydrogens is 448 g/mol. The topological polar surface area (TPSA) is 53.9 Å². The highest BCUT2D eigenvalue weighted by molar-refractivity contribution is 14.0. The van der Waals surface area contributed by atoms with E-state index in [2.05, 4.69) is 15.2 Å². The van der Waals surface area contributed by atoms with Gasteiger partial charge in [0.1, 0.15) is 5.82 Å². The minimum Gasteiger partial charge on any atom is -0.469 e. The number of methoxy groups -OCH3 is 1. The van der Waals surface area contributed by atoms with Crippen molar-refractivity contribution >= 4 is 35.9 Å². The first kappa shape index (κ1) is 22.7. The Hall–Kier alpha value is -1.38. The van der Waals surface area contributed by atoms with Gasteiger partial charge < -0.3 is 15.0 Å². The van der Waals surface area contributed by atoms with Crippen molar-refractivity contribution in [1.29, 1.82) is 0 Å². The molecule has 1 fully saturated rings. The van der Waals surface area contributed by atoms with E-state index >= 15 is 0 Å². The molecule has 0 aromatic heterocycles. The Morgan fingerprint density at radius 2 is 2.04 bits per heavy atom. The zero-order chi connectivity index (χ0) is 18.6. The van der Waals surface area contributed by atoms with Crippen molar-refractivity contribution in [3.8, 4) is 0 Å². The number of hydrogen-bond donors (Lipinski definition) is 1. The van der Waals surface area contributed by atoms with Crippen LogP contribution in [0.25, 0.3) is 0 Å². The zero-order valence-corrected chi connectivity index (χ0v) is 18.4. The van der Waals surface area contributed by atoms with Gasteiger partial charge in [-0.05, 0) is 17.5 Å². The first-order valence-corrected chi connectivity index (χ1v) is 8.58. The molecule has 0 amide bonds. The van der Waals surface area contributed by atoms with Crippen molar-refractivity contribution < 1.29 is 13.9 Å². The van der Waals surface area contributed by atoms with Gasteiger partial charge in [-0.3, -0.25) is 9.79 Å². The molecule has 1 heterocycles. The number of guanidine groups is 1. The molecule has 0 spiro atoms. The quantitative estimate of drug-likeness (QED) is 0.314. The van der Waals surface area contributed by atoms with Gasteiger partial charge in [0, 0.05) is 32.1 Å². The molecule has 1 saturated heterocycles. The summed E-state index contributed by atoms with van der Waals surface area (Å²) in [5, 5.41) is 3.33. The Morgan fingerprint density at radius 1 is 1.38 bits per heavy atom. The normalized spacial score (nSPS) is 20.5. The van der Waals surface area contributed by atoms with Crippen LogP contribution in [0.3, 0.4) is 0 Å². The summed E-state index contributed by atoms with van der Waals surface area (Å²) < 4.78 is 19.0. The Morgan fingerprint density at radius 3 is 2.62 bits per heavy atom. The molecule has 7 heteroatoms. The third-order valence-electron chi connectivity index (χ3n) is 4.92. The van der Waals surface area contributed by atoms with Crippen LogP contribution in [0.1, 0.15) is 26.3 Å². The lowest BCUT2D eigenvalue weighted by Crippen LogP contribution is -2.45. The van der Waals surface area contributed by atoms with E-state index in [9.17, 15) is 9.18 Å². The van der Waals surface area contributed by atoms with E-state index in [1.807, 2.05) is 32.9 Å². The molecule has 2 atom stereocenters. The van der Waals surface area contributed by atoms with E-state index < -0.39 is 5.41 Å². The third-order valence-corrected chi connectivity index (χ3v) is 4.92. The molecule has 5 nitrogen and oxygen atoms in total. The predicted molar refractivity (Wildman–Crippen MR) is 112 cm³/mol. The molecule has 0 aliphatic carbocycles. The van der Waals surface area contributed by atoms with Crippen LogP contribution in [0.5, 0.6) is 0 Å². The number of aliphatic imine (C=N–C) groups is 1. The summed E-state index contributed by atoms with van der Waals surface area (Å²) in [7, 11) is 3.14. The maximum absolute atomic E-state index is 14.1. The lowest BCUT2D eigenvalue weighted by molar-refractivity contribution is -0.145. The Kier molecular flexibility index (Phi) is 8.30. The monoisotopic (exact) mass is 477 g/mol. The fraction of sp³-hybridized carbons (Fsp3) is 0.579. The first-order valence-electron chi connectivity index (χ1n) is 8.58. The smallest absolute Gasteiger partial charge is 0.310 e. The Bertz CT molecular complexity index is 651. The van der Waals surface area contributed by atoms with Crippen molar-refractivity contribution in [2.45, 2.75) is 26.2 Å². The number of benzene rings is 1. The minimum absolute atomic E-state index is 0. The molecule has 0 bridgehead atoms. The molecule has 1 aromatic rings. The number of nitrogens with zero attached hydrogens (tertiary/aromatic N) is 2. The molecule has 2 unspecified atom stereocenters. The summed E-state index contributed by atoms with van der Waals surface area (Å²) in [6.45, 7) is 7.88. The van der Waals surface area contributed by atoms with Gasteiger partial charge in [0.15, 0.2) is 5.96 Å². The van der Waals surface area contributed by atoms with Gasteiger partial charge in [-0.25, -0.2) is 4.39 Å². The SMILES string of the molecule is CN=C(NCC(C)(C)c1ccccc1F)N1CC(C)C(C(=O)OC)C1.I. The molecule has 2 rings (SSSR count). The van der Waals surface area contributed by atoms with Crippen molar-refractivity contribution in [1.82, 2.24) is 10.2 Å². The molecule has 0 saturated carbocycles. The number of ether oxygens (including phenoxy) is 1. The van der Waals surface area contributed by atoms with E-state index in [1.165, 1.54) is 13.2 Å². The van der Waals surface area contributed by atoms with E-state index in [-0.39, 0.29) is 47.6 Å². The zero-order valence-electron chi connectivity index (χ0n) is 16.1.